The van der Waals surface area contributed by atoms with Gasteiger partial charge in [-0.15, -0.1) is 0 Å². The van der Waals surface area contributed by atoms with E-state index in [9.17, 15) is 4.79 Å². The topological polar surface area (TPSA) is 26.3 Å². The molecule has 0 unspecified atom stereocenters. The average molecular weight is 268 g/mol. The molecule has 0 spiro atoms. The van der Waals surface area contributed by atoms with Crippen molar-refractivity contribution >= 4 is 32.1 Å². The molecule has 2 nitrogen and oxygen atoms in total. The van der Waals surface area contributed by atoms with E-state index in [1.807, 2.05) is 25.1 Å². The first-order valence-electron chi connectivity index (χ1n) is 3.73. The fourth-order valence-electron chi connectivity index (χ4n) is 0.870. The van der Waals surface area contributed by atoms with Crippen LogP contribution in [-0.4, -0.2) is 35.1 Å². The molecule has 0 heterocycles. The zero-order valence-electron chi connectivity index (χ0n) is 6.83. The summed E-state index contributed by atoms with van der Waals surface area (Å²) in [6.07, 6.45) is 0. The van der Waals surface area contributed by atoms with Crippen LogP contribution in [0.4, 0.5) is 0 Å². The van der Waals surface area contributed by atoms with Gasteiger partial charge in [0.05, 0.1) is 0 Å². The average Bonchev–Trinajstić information content (AvgIpc) is 2.05. The Morgan fingerprint density at radius 3 is 2.75 bits per heavy atom. The zero-order chi connectivity index (χ0) is 8.97. The van der Waals surface area contributed by atoms with Crippen molar-refractivity contribution < 1.29 is 9.53 Å². The minimum atomic E-state index is -0.218. The van der Waals surface area contributed by atoms with E-state index in [-0.39, 0.29) is 5.97 Å². The molecule has 0 aliphatic heterocycles. The van der Waals surface area contributed by atoms with Gasteiger partial charge in [-0.1, -0.05) is 0 Å². The Labute approximate surface area is 85.0 Å². The molecular weight excluding hydrogens is 259 g/mol. The number of hydrogen-bond donors (Lipinski definition) is 0. The summed E-state index contributed by atoms with van der Waals surface area (Å²) < 4.78 is 5.93. The van der Waals surface area contributed by atoms with Crippen molar-refractivity contribution in [2.75, 3.05) is 6.61 Å². The molecule has 3 heteroatoms. The van der Waals surface area contributed by atoms with Crippen molar-refractivity contribution in [3.05, 3.63) is 29.8 Å². The summed E-state index contributed by atoms with van der Waals surface area (Å²) in [7, 11) is 0. The third-order valence-electron chi connectivity index (χ3n) is 1.42. The fourth-order valence-corrected chi connectivity index (χ4v) is 1.67. The van der Waals surface area contributed by atoms with Crippen LogP contribution < -0.4 is 3.58 Å². The van der Waals surface area contributed by atoms with Crippen molar-refractivity contribution in [3.63, 3.8) is 0 Å². The SMILES string of the molecule is CCOC(=O)c1cccc[c]1[Sn]. The van der Waals surface area contributed by atoms with E-state index in [0.717, 1.165) is 3.58 Å². The van der Waals surface area contributed by atoms with E-state index in [1.165, 1.54) is 22.5 Å². The monoisotopic (exact) mass is 269 g/mol. The Kier molecular flexibility index (Phi) is 3.59. The van der Waals surface area contributed by atoms with Crippen LogP contribution in [0.3, 0.4) is 0 Å². The van der Waals surface area contributed by atoms with Gasteiger partial charge in [-0.2, -0.15) is 0 Å². The van der Waals surface area contributed by atoms with Crippen LogP contribution >= 0.6 is 0 Å². The van der Waals surface area contributed by atoms with E-state index < -0.39 is 0 Å². The van der Waals surface area contributed by atoms with Crippen LogP contribution in [0, 0.1) is 0 Å². The normalized spacial score (nSPS) is 9.50. The molecular formula is C9H9O2Sn. The van der Waals surface area contributed by atoms with Crippen LogP contribution in [0.2, 0.25) is 0 Å². The third kappa shape index (κ3) is 2.24. The molecule has 0 saturated heterocycles. The van der Waals surface area contributed by atoms with Gasteiger partial charge in [-0.3, -0.25) is 0 Å². The van der Waals surface area contributed by atoms with Gasteiger partial charge in [0.2, 0.25) is 0 Å². The number of carbonyl (C=O) groups is 1. The fraction of sp³-hybridized carbons (Fsp3) is 0.222. The molecule has 0 N–H and O–H groups in total. The van der Waals surface area contributed by atoms with Gasteiger partial charge in [-0.05, 0) is 0 Å². The number of ether oxygens (including phenoxy) is 1. The molecule has 1 aromatic rings. The van der Waals surface area contributed by atoms with Gasteiger partial charge in [-0.25, -0.2) is 0 Å². The van der Waals surface area contributed by atoms with Crippen LogP contribution in [0.15, 0.2) is 24.3 Å². The number of carbonyl (C=O) groups excluding carboxylic acids is 1. The van der Waals surface area contributed by atoms with Gasteiger partial charge in [0.15, 0.2) is 0 Å². The van der Waals surface area contributed by atoms with Crippen LogP contribution in [-0.2, 0) is 4.74 Å². The summed E-state index contributed by atoms with van der Waals surface area (Å²) >= 11 is 1.24. The molecule has 0 aliphatic carbocycles. The second-order valence-electron chi connectivity index (χ2n) is 2.27. The van der Waals surface area contributed by atoms with Crippen molar-refractivity contribution in [2.24, 2.45) is 0 Å². The first kappa shape index (κ1) is 9.58. The quantitative estimate of drug-likeness (QED) is 0.581. The molecule has 0 aliphatic rings. The van der Waals surface area contributed by atoms with Crippen molar-refractivity contribution in [1.82, 2.24) is 0 Å². The Balaban J connectivity index is 2.87. The number of rotatable bonds is 2. The number of esters is 1. The summed E-state index contributed by atoms with van der Waals surface area (Å²) in [6.45, 7) is 2.24. The molecule has 0 atom stereocenters. The van der Waals surface area contributed by atoms with Crippen LogP contribution in [0.1, 0.15) is 17.3 Å². The summed E-state index contributed by atoms with van der Waals surface area (Å²) in [4.78, 5) is 11.3. The summed E-state index contributed by atoms with van der Waals surface area (Å²) in [6, 6.07) is 7.50. The van der Waals surface area contributed by atoms with Gasteiger partial charge < -0.3 is 0 Å². The number of benzene rings is 1. The first-order chi connectivity index (χ1) is 5.75. The van der Waals surface area contributed by atoms with Crippen LogP contribution in [0.5, 0.6) is 0 Å². The van der Waals surface area contributed by atoms with Crippen LogP contribution in [0.25, 0.3) is 0 Å². The maximum absolute atomic E-state index is 11.3. The molecule has 0 amide bonds. The summed E-state index contributed by atoms with van der Waals surface area (Å²) in [5.41, 5.74) is 0.692. The van der Waals surface area contributed by atoms with E-state index >= 15 is 0 Å². The van der Waals surface area contributed by atoms with E-state index in [1.54, 1.807) is 6.07 Å². The Hall–Kier alpha value is -0.511. The second-order valence-corrected chi connectivity index (χ2v) is 3.80. The molecule has 3 radical (unpaired) electrons. The van der Waals surface area contributed by atoms with E-state index in [4.69, 9.17) is 4.74 Å². The molecule has 1 aromatic carbocycles. The zero-order valence-corrected chi connectivity index (χ0v) is 9.69. The predicted octanol–water partition coefficient (Wildman–Crippen LogP) is 0.657. The number of hydrogen-bond acceptors (Lipinski definition) is 2. The molecule has 12 heavy (non-hydrogen) atoms. The molecule has 1 rings (SSSR count). The maximum atomic E-state index is 11.3. The predicted molar refractivity (Wildman–Crippen MR) is 47.8 cm³/mol. The summed E-state index contributed by atoms with van der Waals surface area (Å²) in [5.74, 6) is -0.218. The Morgan fingerprint density at radius 2 is 2.17 bits per heavy atom. The third-order valence-corrected chi connectivity index (χ3v) is 2.67. The minimum absolute atomic E-state index is 0.218. The van der Waals surface area contributed by atoms with Gasteiger partial charge in [0, 0.05) is 0 Å². The van der Waals surface area contributed by atoms with Gasteiger partial charge >= 0.3 is 85.0 Å². The Bertz CT molecular complexity index is 284. The van der Waals surface area contributed by atoms with Gasteiger partial charge in [0.1, 0.15) is 0 Å². The van der Waals surface area contributed by atoms with Crippen molar-refractivity contribution in [1.29, 1.82) is 0 Å². The molecule has 0 aromatic heterocycles. The molecule has 0 saturated carbocycles. The standard InChI is InChI=1S/C9H9O2.Sn/c1-2-11-9(10)8-6-4-3-5-7-8;/h3-6H,2H2,1H3;. The van der Waals surface area contributed by atoms with E-state index in [0.29, 0.717) is 12.2 Å². The molecule has 0 fully saturated rings. The summed E-state index contributed by atoms with van der Waals surface area (Å²) in [5, 5.41) is 0. The van der Waals surface area contributed by atoms with Gasteiger partial charge in [0.25, 0.3) is 0 Å². The first-order valence-corrected chi connectivity index (χ1v) is 5.16. The van der Waals surface area contributed by atoms with Crippen molar-refractivity contribution in [2.45, 2.75) is 6.92 Å². The van der Waals surface area contributed by atoms with E-state index in [2.05, 4.69) is 0 Å². The van der Waals surface area contributed by atoms with Crippen molar-refractivity contribution in [3.8, 4) is 0 Å². The molecule has 61 valence electrons. The second kappa shape index (κ2) is 4.50. The Morgan fingerprint density at radius 1 is 1.50 bits per heavy atom. The molecule has 0 bridgehead atoms.